The minimum absolute atomic E-state index is 0.111. The van der Waals surface area contributed by atoms with Crippen molar-refractivity contribution in [3.63, 3.8) is 0 Å². The molecular weight excluding hydrogens is 386 g/mol. The fourth-order valence-corrected chi connectivity index (χ4v) is 4.19. The van der Waals surface area contributed by atoms with E-state index in [-0.39, 0.29) is 23.9 Å². The smallest absolute Gasteiger partial charge is 0.243 e. The van der Waals surface area contributed by atoms with Crippen LogP contribution < -0.4 is 5.32 Å². The maximum Gasteiger partial charge on any atom is 0.243 e. The van der Waals surface area contributed by atoms with Gasteiger partial charge in [-0.05, 0) is 42.3 Å². The number of sulfonamides is 1. The summed E-state index contributed by atoms with van der Waals surface area (Å²) in [5, 5.41) is 2.78. The highest BCUT2D eigenvalue weighted by Gasteiger charge is 2.26. The van der Waals surface area contributed by atoms with Crippen LogP contribution >= 0.6 is 0 Å². The Hall–Kier alpha value is -3.03. The quantitative estimate of drug-likeness (QED) is 0.620. The number of aromatic nitrogens is 1. The fraction of sp³-hybridized carbons (Fsp3) is 0.182. The van der Waals surface area contributed by atoms with E-state index in [1.165, 1.54) is 16.4 Å². The van der Waals surface area contributed by atoms with E-state index >= 15 is 0 Å². The molecule has 0 saturated heterocycles. The number of benzene rings is 2. The first-order chi connectivity index (χ1) is 13.9. The number of hydrogen-bond acceptors (Lipinski definition) is 4. The average Bonchev–Trinajstić information content (AvgIpc) is 2.74. The molecule has 1 N–H and O–H groups in total. The first-order valence-corrected chi connectivity index (χ1v) is 10.7. The van der Waals surface area contributed by atoms with Gasteiger partial charge in [0.2, 0.25) is 15.9 Å². The van der Waals surface area contributed by atoms with Crippen molar-refractivity contribution in [3.8, 4) is 0 Å². The Balaban J connectivity index is 1.78. The molecule has 3 rings (SSSR count). The molecule has 2 aromatic carbocycles. The molecule has 0 saturated carbocycles. The van der Waals surface area contributed by atoms with Crippen molar-refractivity contribution in [2.45, 2.75) is 24.9 Å². The summed E-state index contributed by atoms with van der Waals surface area (Å²) in [4.78, 5) is 16.6. The summed E-state index contributed by atoms with van der Waals surface area (Å²) in [5.74, 6) is -0.367. The number of pyridine rings is 1. The predicted octanol–water partition coefficient (Wildman–Crippen LogP) is 2.90. The molecule has 150 valence electrons. The highest BCUT2D eigenvalue weighted by Crippen LogP contribution is 2.18. The number of aryl methyl sites for hydroxylation is 1. The second-order valence-corrected chi connectivity index (χ2v) is 8.64. The Morgan fingerprint density at radius 1 is 0.931 bits per heavy atom. The van der Waals surface area contributed by atoms with Crippen LogP contribution in [0.3, 0.4) is 0 Å². The number of nitrogens with one attached hydrogen (secondary N) is 1. The van der Waals surface area contributed by atoms with Gasteiger partial charge in [0.05, 0.1) is 11.4 Å². The zero-order valence-corrected chi connectivity index (χ0v) is 17.0. The van der Waals surface area contributed by atoms with E-state index in [2.05, 4.69) is 10.3 Å². The summed E-state index contributed by atoms with van der Waals surface area (Å²) >= 11 is 0. The van der Waals surface area contributed by atoms with E-state index in [4.69, 9.17) is 0 Å². The largest absolute Gasteiger partial charge is 0.351 e. The topological polar surface area (TPSA) is 79.4 Å². The van der Waals surface area contributed by atoms with Gasteiger partial charge in [0, 0.05) is 25.5 Å². The number of carbonyl (C=O) groups is 1. The first-order valence-electron chi connectivity index (χ1n) is 9.21. The lowest BCUT2D eigenvalue weighted by Crippen LogP contribution is -2.40. The summed E-state index contributed by atoms with van der Waals surface area (Å²) in [7, 11) is -3.82. The van der Waals surface area contributed by atoms with Gasteiger partial charge in [-0.1, -0.05) is 48.0 Å². The second kappa shape index (κ2) is 9.45. The lowest BCUT2D eigenvalue weighted by molar-refractivity contribution is -0.121. The molecule has 0 bridgehead atoms. The zero-order chi connectivity index (χ0) is 20.7. The van der Waals surface area contributed by atoms with E-state index in [9.17, 15) is 13.2 Å². The van der Waals surface area contributed by atoms with E-state index in [0.29, 0.717) is 6.54 Å². The minimum atomic E-state index is -3.82. The molecule has 0 radical (unpaired) electrons. The van der Waals surface area contributed by atoms with Crippen molar-refractivity contribution >= 4 is 15.9 Å². The van der Waals surface area contributed by atoms with Gasteiger partial charge in [-0.3, -0.25) is 9.78 Å². The highest BCUT2D eigenvalue weighted by molar-refractivity contribution is 7.89. The van der Waals surface area contributed by atoms with Crippen molar-refractivity contribution in [3.05, 3.63) is 95.8 Å². The first kappa shape index (κ1) is 20.7. The Labute approximate surface area is 171 Å². The molecule has 29 heavy (non-hydrogen) atoms. The van der Waals surface area contributed by atoms with Crippen molar-refractivity contribution in [1.29, 1.82) is 0 Å². The molecule has 0 fully saturated rings. The zero-order valence-electron chi connectivity index (χ0n) is 16.2. The Morgan fingerprint density at radius 3 is 2.24 bits per heavy atom. The molecule has 1 amide bonds. The third kappa shape index (κ3) is 5.73. The Bertz CT molecular complexity index is 1040. The number of hydrogen-bond donors (Lipinski definition) is 1. The monoisotopic (exact) mass is 409 g/mol. The van der Waals surface area contributed by atoms with Gasteiger partial charge in [-0.15, -0.1) is 0 Å². The van der Waals surface area contributed by atoms with E-state index in [0.717, 1.165) is 16.7 Å². The number of amides is 1. The van der Waals surface area contributed by atoms with Gasteiger partial charge in [-0.2, -0.15) is 4.31 Å². The van der Waals surface area contributed by atoms with Gasteiger partial charge in [-0.25, -0.2) is 8.42 Å². The number of rotatable bonds is 8. The van der Waals surface area contributed by atoms with Gasteiger partial charge in [0.1, 0.15) is 0 Å². The van der Waals surface area contributed by atoms with Crippen LogP contribution in [0.4, 0.5) is 0 Å². The molecule has 3 aromatic rings. The van der Waals surface area contributed by atoms with Crippen molar-refractivity contribution in [2.75, 3.05) is 6.54 Å². The SMILES string of the molecule is Cc1ccc(CN(CC(=O)NCc2ccncc2)S(=O)(=O)c2ccccc2)cc1. The molecule has 0 unspecified atom stereocenters. The summed E-state index contributed by atoms with van der Waals surface area (Å²) in [6, 6.07) is 19.3. The van der Waals surface area contributed by atoms with Crippen LogP contribution in [-0.2, 0) is 27.9 Å². The summed E-state index contributed by atoms with van der Waals surface area (Å²) in [5.41, 5.74) is 2.79. The van der Waals surface area contributed by atoms with Crippen LogP contribution in [-0.4, -0.2) is 30.2 Å². The lowest BCUT2D eigenvalue weighted by atomic mass is 10.1. The second-order valence-electron chi connectivity index (χ2n) is 6.70. The average molecular weight is 410 g/mol. The normalized spacial score (nSPS) is 11.4. The standard InChI is InChI=1S/C22H23N3O3S/c1-18-7-9-20(10-8-18)16-25(29(27,28)21-5-3-2-4-6-21)17-22(26)24-15-19-11-13-23-14-12-19/h2-14H,15-17H2,1H3,(H,24,26). The summed E-state index contributed by atoms with van der Waals surface area (Å²) in [6.07, 6.45) is 3.29. The molecule has 0 aliphatic carbocycles. The van der Waals surface area contributed by atoms with Crippen LogP contribution in [0.25, 0.3) is 0 Å². The maximum absolute atomic E-state index is 13.2. The molecule has 6 nitrogen and oxygen atoms in total. The van der Waals surface area contributed by atoms with Crippen molar-refractivity contribution in [2.24, 2.45) is 0 Å². The van der Waals surface area contributed by atoms with Crippen molar-refractivity contribution in [1.82, 2.24) is 14.6 Å². The van der Waals surface area contributed by atoms with E-state index in [1.807, 2.05) is 31.2 Å². The van der Waals surface area contributed by atoms with Crippen LogP contribution in [0.2, 0.25) is 0 Å². The molecule has 7 heteroatoms. The summed E-state index contributed by atoms with van der Waals surface area (Å²) in [6.45, 7) is 2.12. The van der Waals surface area contributed by atoms with Gasteiger partial charge in [0.25, 0.3) is 0 Å². The number of carbonyl (C=O) groups excluding carboxylic acids is 1. The molecule has 0 spiro atoms. The molecule has 0 aliphatic rings. The third-order valence-electron chi connectivity index (χ3n) is 4.42. The molecule has 1 aromatic heterocycles. The summed E-state index contributed by atoms with van der Waals surface area (Å²) < 4.78 is 27.5. The third-order valence-corrected chi connectivity index (χ3v) is 6.23. The molecule has 1 heterocycles. The maximum atomic E-state index is 13.2. The Morgan fingerprint density at radius 2 is 1.59 bits per heavy atom. The van der Waals surface area contributed by atoms with Gasteiger partial charge >= 0.3 is 0 Å². The predicted molar refractivity (Wildman–Crippen MR) is 111 cm³/mol. The van der Waals surface area contributed by atoms with E-state index in [1.54, 1.807) is 42.7 Å². The lowest BCUT2D eigenvalue weighted by Gasteiger charge is -2.22. The Kier molecular flexibility index (Phi) is 6.74. The minimum Gasteiger partial charge on any atom is -0.351 e. The fourth-order valence-electron chi connectivity index (χ4n) is 2.78. The van der Waals surface area contributed by atoms with Gasteiger partial charge in [0.15, 0.2) is 0 Å². The van der Waals surface area contributed by atoms with Crippen LogP contribution in [0.5, 0.6) is 0 Å². The van der Waals surface area contributed by atoms with Crippen LogP contribution in [0.1, 0.15) is 16.7 Å². The van der Waals surface area contributed by atoms with Gasteiger partial charge < -0.3 is 5.32 Å². The van der Waals surface area contributed by atoms with Crippen LogP contribution in [0, 0.1) is 6.92 Å². The molecular formula is C22H23N3O3S. The van der Waals surface area contributed by atoms with Crippen LogP contribution in [0.15, 0.2) is 84.0 Å². The number of nitrogens with zero attached hydrogens (tertiary/aromatic N) is 2. The van der Waals surface area contributed by atoms with Crippen molar-refractivity contribution < 1.29 is 13.2 Å². The highest BCUT2D eigenvalue weighted by atomic mass is 32.2. The molecule has 0 aliphatic heterocycles. The molecule has 0 atom stereocenters. The van der Waals surface area contributed by atoms with E-state index < -0.39 is 10.0 Å².